The molecule has 1 aliphatic heterocycles. The van der Waals surface area contributed by atoms with Crippen molar-refractivity contribution in [2.24, 2.45) is 5.73 Å². The zero-order valence-electron chi connectivity index (χ0n) is 15.3. The highest BCUT2D eigenvalue weighted by Crippen LogP contribution is 2.38. The summed E-state index contributed by atoms with van der Waals surface area (Å²) in [7, 11) is 0. The van der Waals surface area contributed by atoms with Gasteiger partial charge in [0.05, 0.1) is 0 Å². The summed E-state index contributed by atoms with van der Waals surface area (Å²) in [4.78, 5) is 13.6. The molecule has 1 heterocycles. The standard InChI is InChI=1S/C21H25ClN2O2/c1-3-13-11-18-17(20(22)16(13)4-2)9-10-24(21(23)26)12-19(18)14-5-7-15(25)8-6-14/h5-8,11,19,25H,3-4,9-10,12H2,1-2H3,(H2,23,26). The van der Waals surface area contributed by atoms with Crippen molar-refractivity contribution in [3.63, 3.8) is 0 Å². The molecule has 1 unspecified atom stereocenters. The number of carbonyl (C=O) groups is 1. The van der Waals surface area contributed by atoms with Crippen LogP contribution in [0.2, 0.25) is 5.02 Å². The Bertz CT molecular complexity index is 818. The molecule has 1 atom stereocenters. The molecule has 26 heavy (non-hydrogen) atoms. The third kappa shape index (κ3) is 3.38. The van der Waals surface area contributed by atoms with Crippen molar-refractivity contribution in [3.05, 3.63) is 63.2 Å². The van der Waals surface area contributed by atoms with Crippen LogP contribution in [0.3, 0.4) is 0 Å². The first-order valence-electron chi connectivity index (χ1n) is 9.12. The van der Waals surface area contributed by atoms with Crippen LogP contribution in [0, 0.1) is 0 Å². The Morgan fingerprint density at radius 3 is 2.54 bits per heavy atom. The van der Waals surface area contributed by atoms with E-state index in [2.05, 4.69) is 19.9 Å². The van der Waals surface area contributed by atoms with E-state index in [0.29, 0.717) is 19.5 Å². The Morgan fingerprint density at radius 2 is 1.96 bits per heavy atom. The van der Waals surface area contributed by atoms with Crippen LogP contribution < -0.4 is 5.73 Å². The number of hydrogen-bond acceptors (Lipinski definition) is 2. The van der Waals surface area contributed by atoms with E-state index in [1.807, 2.05) is 12.1 Å². The van der Waals surface area contributed by atoms with Crippen LogP contribution in [0.4, 0.5) is 4.79 Å². The van der Waals surface area contributed by atoms with E-state index in [0.717, 1.165) is 29.0 Å². The van der Waals surface area contributed by atoms with Crippen LogP contribution in [0.1, 0.15) is 47.6 Å². The number of nitrogens with two attached hydrogens (primary N) is 1. The predicted octanol–water partition coefficient (Wildman–Crippen LogP) is 4.24. The zero-order valence-corrected chi connectivity index (χ0v) is 16.0. The summed E-state index contributed by atoms with van der Waals surface area (Å²) in [6, 6.07) is 9.00. The number of hydrogen-bond donors (Lipinski definition) is 2. The molecule has 2 aromatic carbocycles. The number of phenolic OH excluding ortho intramolecular Hbond substituents is 1. The first kappa shape index (κ1) is 18.6. The number of halogens is 1. The lowest BCUT2D eigenvalue weighted by atomic mass is 9.84. The molecule has 5 heteroatoms. The van der Waals surface area contributed by atoms with Gasteiger partial charge in [-0.3, -0.25) is 0 Å². The molecule has 4 nitrogen and oxygen atoms in total. The summed E-state index contributed by atoms with van der Waals surface area (Å²) in [5, 5.41) is 10.5. The zero-order chi connectivity index (χ0) is 18.8. The van der Waals surface area contributed by atoms with Gasteiger partial charge in [0.15, 0.2) is 0 Å². The highest BCUT2D eigenvalue weighted by atomic mass is 35.5. The van der Waals surface area contributed by atoms with Gasteiger partial charge in [-0.25, -0.2) is 4.79 Å². The number of nitrogens with zero attached hydrogens (tertiary/aromatic N) is 1. The van der Waals surface area contributed by atoms with E-state index in [1.54, 1.807) is 17.0 Å². The average Bonchev–Trinajstić information content (AvgIpc) is 2.82. The molecule has 0 bridgehead atoms. The van der Waals surface area contributed by atoms with Gasteiger partial charge in [0, 0.05) is 24.0 Å². The SMILES string of the molecule is CCc1cc2c(c(Cl)c1CC)CCN(C(N)=O)CC2c1ccc(O)cc1. The molecule has 0 spiro atoms. The number of phenols is 1. The highest BCUT2D eigenvalue weighted by molar-refractivity contribution is 6.32. The lowest BCUT2D eigenvalue weighted by Crippen LogP contribution is -2.38. The molecule has 2 aromatic rings. The third-order valence-electron chi connectivity index (χ3n) is 5.35. The molecular formula is C21H25ClN2O2. The number of rotatable bonds is 3. The van der Waals surface area contributed by atoms with Gasteiger partial charge < -0.3 is 15.7 Å². The van der Waals surface area contributed by atoms with Crippen molar-refractivity contribution in [3.8, 4) is 5.75 Å². The minimum Gasteiger partial charge on any atom is -0.508 e. The van der Waals surface area contributed by atoms with E-state index in [1.165, 1.54) is 16.7 Å². The lowest BCUT2D eigenvalue weighted by molar-refractivity contribution is 0.208. The topological polar surface area (TPSA) is 66.6 Å². The van der Waals surface area contributed by atoms with Gasteiger partial charge in [-0.05, 0) is 59.2 Å². The van der Waals surface area contributed by atoms with Crippen LogP contribution in [-0.2, 0) is 19.3 Å². The van der Waals surface area contributed by atoms with Gasteiger partial charge >= 0.3 is 6.03 Å². The Labute approximate surface area is 159 Å². The fraction of sp³-hybridized carbons (Fsp3) is 0.381. The molecule has 0 aromatic heterocycles. The number of primary amides is 1. The molecule has 0 saturated carbocycles. The molecule has 0 saturated heterocycles. The fourth-order valence-electron chi connectivity index (χ4n) is 3.92. The van der Waals surface area contributed by atoms with Crippen molar-refractivity contribution < 1.29 is 9.90 Å². The number of benzene rings is 2. The monoisotopic (exact) mass is 372 g/mol. The van der Waals surface area contributed by atoms with Gasteiger partial charge in [-0.1, -0.05) is 43.6 Å². The number of amides is 2. The Hall–Kier alpha value is -2.20. The normalized spacial score (nSPS) is 16.9. The minimum atomic E-state index is -0.413. The van der Waals surface area contributed by atoms with Crippen molar-refractivity contribution in [2.75, 3.05) is 13.1 Å². The molecule has 3 rings (SSSR count). The predicted molar refractivity (Wildman–Crippen MR) is 105 cm³/mol. The molecule has 0 aliphatic carbocycles. The summed E-state index contributed by atoms with van der Waals surface area (Å²) in [6.07, 6.45) is 2.50. The summed E-state index contributed by atoms with van der Waals surface area (Å²) in [5.74, 6) is 0.206. The molecule has 1 aliphatic rings. The van der Waals surface area contributed by atoms with Gasteiger partial charge in [0.1, 0.15) is 5.75 Å². The molecular weight excluding hydrogens is 348 g/mol. The van der Waals surface area contributed by atoms with Crippen LogP contribution in [0.15, 0.2) is 30.3 Å². The van der Waals surface area contributed by atoms with Crippen molar-refractivity contribution in [2.45, 2.75) is 39.0 Å². The molecule has 3 N–H and O–H groups in total. The van der Waals surface area contributed by atoms with Crippen molar-refractivity contribution in [1.82, 2.24) is 4.90 Å². The Balaban J connectivity index is 2.19. The average molecular weight is 373 g/mol. The quantitative estimate of drug-likeness (QED) is 0.846. The second-order valence-electron chi connectivity index (χ2n) is 6.78. The second kappa shape index (κ2) is 7.58. The smallest absolute Gasteiger partial charge is 0.314 e. The minimum absolute atomic E-state index is 0.0192. The largest absolute Gasteiger partial charge is 0.508 e. The maximum Gasteiger partial charge on any atom is 0.314 e. The Kier molecular flexibility index (Phi) is 5.42. The first-order valence-corrected chi connectivity index (χ1v) is 9.50. The maximum absolute atomic E-state index is 11.9. The number of aryl methyl sites for hydroxylation is 1. The van der Waals surface area contributed by atoms with Gasteiger partial charge in [-0.15, -0.1) is 0 Å². The van der Waals surface area contributed by atoms with Crippen molar-refractivity contribution >= 4 is 17.6 Å². The highest BCUT2D eigenvalue weighted by Gasteiger charge is 2.29. The lowest BCUT2D eigenvalue weighted by Gasteiger charge is -2.25. The summed E-state index contributed by atoms with van der Waals surface area (Å²) in [5.41, 5.74) is 11.4. The summed E-state index contributed by atoms with van der Waals surface area (Å²) < 4.78 is 0. The van der Waals surface area contributed by atoms with E-state index in [4.69, 9.17) is 17.3 Å². The fourth-order valence-corrected chi connectivity index (χ4v) is 4.38. The van der Waals surface area contributed by atoms with Gasteiger partial charge in [-0.2, -0.15) is 0 Å². The summed E-state index contributed by atoms with van der Waals surface area (Å²) in [6.45, 7) is 5.33. The van der Waals surface area contributed by atoms with E-state index in [9.17, 15) is 9.90 Å². The second-order valence-corrected chi connectivity index (χ2v) is 7.16. The van der Waals surface area contributed by atoms with E-state index < -0.39 is 6.03 Å². The number of carbonyl (C=O) groups excluding carboxylic acids is 1. The van der Waals surface area contributed by atoms with Crippen LogP contribution in [0.25, 0.3) is 0 Å². The van der Waals surface area contributed by atoms with E-state index >= 15 is 0 Å². The van der Waals surface area contributed by atoms with Crippen LogP contribution >= 0.6 is 11.6 Å². The first-order chi connectivity index (χ1) is 12.5. The third-order valence-corrected chi connectivity index (χ3v) is 5.80. The van der Waals surface area contributed by atoms with E-state index in [-0.39, 0.29) is 11.7 Å². The number of aromatic hydroxyl groups is 1. The number of fused-ring (bicyclic) bond motifs is 1. The maximum atomic E-state index is 11.9. The molecule has 0 fully saturated rings. The number of urea groups is 1. The van der Waals surface area contributed by atoms with Crippen molar-refractivity contribution in [1.29, 1.82) is 0 Å². The molecule has 138 valence electrons. The van der Waals surface area contributed by atoms with Gasteiger partial charge in [0.2, 0.25) is 0 Å². The van der Waals surface area contributed by atoms with Crippen LogP contribution in [0.5, 0.6) is 5.75 Å². The Morgan fingerprint density at radius 1 is 1.27 bits per heavy atom. The van der Waals surface area contributed by atoms with Gasteiger partial charge in [0.25, 0.3) is 0 Å². The summed E-state index contributed by atoms with van der Waals surface area (Å²) >= 11 is 6.81. The molecule has 2 amide bonds. The van der Waals surface area contributed by atoms with Crippen LogP contribution in [-0.4, -0.2) is 29.1 Å². The molecule has 0 radical (unpaired) electrons.